The zero-order valence-corrected chi connectivity index (χ0v) is 14.8. The van der Waals surface area contributed by atoms with Crippen LogP contribution < -0.4 is 0 Å². The minimum Gasteiger partial charge on any atom is -0.478 e. The number of carboxylic acid groups (broad SMARTS) is 1. The maximum absolute atomic E-state index is 9.68. The van der Waals surface area contributed by atoms with Crippen LogP contribution in [0, 0.1) is 11.8 Å². The second-order valence-corrected chi connectivity index (χ2v) is 11.2. The number of carbonyl (C=O) groups is 1. The lowest BCUT2D eigenvalue weighted by Gasteiger charge is -2.17. The lowest BCUT2D eigenvalue weighted by atomic mass is 10.2. The first-order valence-corrected chi connectivity index (χ1v) is 10.2. The van der Waals surface area contributed by atoms with E-state index in [0.29, 0.717) is 18.4 Å². The summed E-state index contributed by atoms with van der Waals surface area (Å²) in [6.07, 6.45) is 0. The molecule has 0 heterocycles. The van der Waals surface area contributed by atoms with Gasteiger partial charge in [0.1, 0.15) is 0 Å². The molecule has 0 rings (SSSR count). The van der Waals surface area contributed by atoms with Crippen molar-refractivity contribution >= 4 is 34.9 Å². The Kier molecular flexibility index (Phi) is 12.3. The molecule has 0 aliphatic rings. The van der Waals surface area contributed by atoms with E-state index in [1.54, 1.807) is 0 Å². The highest BCUT2D eigenvalue weighted by Crippen LogP contribution is 2.56. The van der Waals surface area contributed by atoms with Crippen molar-refractivity contribution in [2.24, 2.45) is 11.8 Å². The highest BCUT2D eigenvalue weighted by atomic mass is 32.9. The lowest BCUT2D eigenvalue weighted by Crippen LogP contribution is -1.99. The standard InChI is InChI=1S/C8H19O2PS2.C4H6O2/c1-7(2)5-10-11(9,12)13-6-8(3)4;1-3(2)4(5)6/h7-8H,5-6H2,1-4H3,(H,9,12);1H2,2H3,(H,5,6). The van der Waals surface area contributed by atoms with Crippen molar-refractivity contribution in [3.05, 3.63) is 12.2 Å². The number of rotatable bonds is 7. The normalized spacial score (nSPS) is 13.7. The zero-order chi connectivity index (χ0) is 15.6. The molecule has 0 aromatic heterocycles. The highest BCUT2D eigenvalue weighted by Gasteiger charge is 2.15. The number of aliphatic carboxylic acids is 1. The summed E-state index contributed by atoms with van der Waals surface area (Å²) in [5.74, 6) is 0.901. The molecule has 19 heavy (non-hydrogen) atoms. The average molecular weight is 328 g/mol. The molecule has 114 valence electrons. The second-order valence-electron chi connectivity index (χ2n) is 4.93. The van der Waals surface area contributed by atoms with Crippen molar-refractivity contribution in [1.82, 2.24) is 0 Å². The van der Waals surface area contributed by atoms with Crippen LogP contribution in [-0.4, -0.2) is 28.3 Å². The molecule has 4 nitrogen and oxygen atoms in total. The van der Waals surface area contributed by atoms with Crippen LogP contribution in [0.4, 0.5) is 0 Å². The Morgan fingerprint density at radius 1 is 1.37 bits per heavy atom. The Bertz CT molecular complexity index is 302. The summed E-state index contributed by atoms with van der Waals surface area (Å²) in [6, 6.07) is 0. The molecular formula is C12H25O4PS2. The van der Waals surface area contributed by atoms with E-state index in [1.807, 2.05) is 13.8 Å². The molecule has 0 saturated carbocycles. The molecule has 0 saturated heterocycles. The van der Waals surface area contributed by atoms with E-state index in [2.05, 4.69) is 20.4 Å². The van der Waals surface area contributed by atoms with Gasteiger partial charge in [0.25, 0.3) is 0 Å². The van der Waals surface area contributed by atoms with E-state index < -0.39 is 11.7 Å². The molecule has 0 fully saturated rings. The van der Waals surface area contributed by atoms with E-state index in [0.717, 1.165) is 5.75 Å². The van der Waals surface area contributed by atoms with Gasteiger partial charge in [-0.2, -0.15) is 0 Å². The predicted molar refractivity (Wildman–Crippen MR) is 87.0 cm³/mol. The summed E-state index contributed by atoms with van der Waals surface area (Å²) in [5.41, 5.74) is -2.37. The summed E-state index contributed by atoms with van der Waals surface area (Å²) in [6.45, 7) is 13.4. The summed E-state index contributed by atoms with van der Waals surface area (Å²) in [5, 5.41) is 7.89. The largest absolute Gasteiger partial charge is 0.478 e. The molecule has 0 bridgehead atoms. The summed E-state index contributed by atoms with van der Waals surface area (Å²) in [7, 11) is 0. The third kappa shape index (κ3) is 18.1. The first-order chi connectivity index (χ1) is 8.48. The van der Waals surface area contributed by atoms with Gasteiger partial charge in [0.15, 0.2) is 0 Å². The fraction of sp³-hybridized carbons (Fsp3) is 0.750. The highest BCUT2D eigenvalue weighted by molar-refractivity contribution is 8.67. The van der Waals surface area contributed by atoms with Crippen LogP contribution in [-0.2, 0) is 21.1 Å². The summed E-state index contributed by atoms with van der Waals surface area (Å²) < 4.78 is 5.29. The van der Waals surface area contributed by atoms with Gasteiger partial charge in [-0.3, -0.25) is 0 Å². The van der Waals surface area contributed by atoms with Gasteiger partial charge in [-0.05, 0) is 30.6 Å². The van der Waals surface area contributed by atoms with Crippen LogP contribution in [0.5, 0.6) is 0 Å². The Balaban J connectivity index is 0. The number of hydrogen-bond acceptors (Lipinski definition) is 4. The molecule has 0 amide bonds. The number of hydrogen-bond donors (Lipinski definition) is 2. The Labute approximate surface area is 125 Å². The van der Waals surface area contributed by atoms with Crippen LogP contribution in [0.1, 0.15) is 34.6 Å². The van der Waals surface area contributed by atoms with Gasteiger partial charge in [0.05, 0.1) is 6.61 Å². The summed E-state index contributed by atoms with van der Waals surface area (Å²) in [4.78, 5) is 19.3. The quantitative estimate of drug-likeness (QED) is 0.545. The molecule has 7 heteroatoms. The monoisotopic (exact) mass is 328 g/mol. The van der Waals surface area contributed by atoms with E-state index >= 15 is 0 Å². The topological polar surface area (TPSA) is 66.8 Å². The van der Waals surface area contributed by atoms with Gasteiger partial charge >= 0.3 is 5.97 Å². The molecular weight excluding hydrogens is 303 g/mol. The van der Waals surface area contributed by atoms with Crippen molar-refractivity contribution < 1.29 is 19.3 Å². The average Bonchev–Trinajstić information content (AvgIpc) is 2.25. The van der Waals surface area contributed by atoms with Crippen molar-refractivity contribution in [1.29, 1.82) is 0 Å². The van der Waals surface area contributed by atoms with Crippen molar-refractivity contribution in [3.8, 4) is 0 Å². The van der Waals surface area contributed by atoms with E-state index in [-0.39, 0.29) is 5.57 Å². The molecule has 1 unspecified atom stereocenters. The molecule has 0 aromatic rings. The lowest BCUT2D eigenvalue weighted by molar-refractivity contribution is -0.132. The first-order valence-electron chi connectivity index (χ1n) is 5.98. The third-order valence-electron chi connectivity index (χ3n) is 1.51. The molecule has 0 aliphatic heterocycles. The van der Waals surface area contributed by atoms with Gasteiger partial charge in [-0.25, -0.2) is 4.79 Å². The maximum atomic E-state index is 9.68. The molecule has 2 N–H and O–H groups in total. The SMILES string of the molecule is C=C(C)C(=O)O.CC(C)COP(O)(=S)SCC(C)C. The van der Waals surface area contributed by atoms with E-state index in [1.165, 1.54) is 18.3 Å². The van der Waals surface area contributed by atoms with Crippen LogP contribution >= 0.6 is 17.1 Å². The van der Waals surface area contributed by atoms with E-state index in [9.17, 15) is 9.69 Å². The molecule has 0 aliphatic carbocycles. The predicted octanol–water partition coefficient (Wildman–Crippen LogP) is 3.91. The van der Waals surface area contributed by atoms with Gasteiger partial charge in [0.2, 0.25) is 5.69 Å². The fourth-order valence-corrected chi connectivity index (χ4v) is 4.17. The third-order valence-corrected chi connectivity index (χ3v) is 6.13. The van der Waals surface area contributed by atoms with Gasteiger partial charge in [-0.15, -0.1) is 0 Å². The number of carboxylic acids is 1. The van der Waals surface area contributed by atoms with Crippen LogP contribution in [0.15, 0.2) is 12.2 Å². The second kappa shape index (κ2) is 10.9. The Hall–Kier alpha value is 0.130. The Morgan fingerprint density at radius 2 is 1.79 bits per heavy atom. The van der Waals surface area contributed by atoms with Crippen molar-refractivity contribution in [2.75, 3.05) is 12.4 Å². The van der Waals surface area contributed by atoms with Gasteiger partial charge in [0, 0.05) is 11.3 Å². The van der Waals surface area contributed by atoms with Crippen LogP contribution in [0.3, 0.4) is 0 Å². The van der Waals surface area contributed by atoms with Crippen LogP contribution in [0.2, 0.25) is 0 Å². The molecule has 0 radical (unpaired) electrons. The first kappa shape index (κ1) is 21.4. The molecule has 0 spiro atoms. The van der Waals surface area contributed by atoms with Crippen molar-refractivity contribution in [2.45, 2.75) is 34.6 Å². The Morgan fingerprint density at radius 3 is 2.05 bits per heavy atom. The van der Waals surface area contributed by atoms with Gasteiger partial charge in [-0.1, -0.05) is 45.7 Å². The fourth-order valence-electron chi connectivity index (χ4n) is 0.524. The van der Waals surface area contributed by atoms with Gasteiger partial charge < -0.3 is 14.5 Å². The van der Waals surface area contributed by atoms with Crippen LogP contribution in [0.25, 0.3) is 0 Å². The smallest absolute Gasteiger partial charge is 0.330 e. The minimum atomic E-state index is -2.55. The maximum Gasteiger partial charge on any atom is 0.330 e. The molecule has 0 aromatic carbocycles. The molecule has 1 atom stereocenters. The van der Waals surface area contributed by atoms with E-state index in [4.69, 9.17) is 21.4 Å². The zero-order valence-electron chi connectivity index (χ0n) is 12.3. The minimum absolute atomic E-state index is 0.176. The summed E-state index contributed by atoms with van der Waals surface area (Å²) >= 11 is 6.38. The van der Waals surface area contributed by atoms with Crippen molar-refractivity contribution in [3.63, 3.8) is 0 Å².